The molecule has 0 saturated carbocycles. The van der Waals surface area contributed by atoms with E-state index < -0.39 is 0 Å². The molecule has 2 atom stereocenters. The molecular formula is C17H20BrNO. The van der Waals surface area contributed by atoms with Crippen LogP contribution in [0, 0.1) is 0 Å². The van der Waals surface area contributed by atoms with Crippen LogP contribution in [0.25, 0.3) is 0 Å². The molecule has 0 aliphatic carbocycles. The van der Waals surface area contributed by atoms with Gasteiger partial charge in [0, 0.05) is 6.04 Å². The Morgan fingerprint density at radius 2 is 1.75 bits per heavy atom. The van der Waals surface area contributed by atoms with Gasteiger partial charge in [-0.25, -0.2) is 0 Å². The van der Waals surface area contributed by atoms with Crippen LogP contribution in [0.5, 0.6) is 5.75 Å². The summed E-state index contributed by atoms with van der Waals surface area (Å²) in [7, 11) is 0. The van der Waals surface area contributed by atoms with Crippen LogP contribution in [0.1, 0.15) is 31.1 Å². The van der Waals surface area contributed by atoms with Gasteiger partial charge in [-0.05, 0) is 53.4 Å². The highest BCUT2D eigenvalue weighted by molar-refractivity contribution is 9.10. The lowest BCUT2D eigenvalue weighted by Gasteiger charge is -2.20. The van der Waals surface area contributed by atoms with Crippen molar-refractivity contribution in [3.05, 3.63) is 64.1 Å². The van der Waals surface area contributed by atoms with E-state index in [1.165, 1.54) is 0 Å². The number of benzene rings is 2. The van der Waals surface area contributed by atoms with E-state index in [9.17, 15) is 0 Å². The Kier molecular flexibility index (Phi) is 5.21. The van der Waals surface area contributed by atoms with Crippen LogP contribution in [0.4, 0.5) is 0 Å². The van der Waals surface area contributed by atoms with Gasteiger partial charge in [0.2, 0.25) is 0 Å². The molecule has 2 rings (SSSR count). The van der Waals surface area contributed by atoms with E-state index in [4.69, 9.17) is 10.5 Å². The van der Waals surface area contributed by atoms with Crippen molar-refractivity contribution in [3.63, 3.8) is 0 Å². The van der Waals surface area contributed by atoms with E-state index in [2.05, 4.69) is 41.1 Å². The molecule has 0 aliphatic rings. The average Bonchev–Trinajstić information content (AvgIpc) is 2.43. The third kappa shape index (κ3) is 3.84. The van der Waals surface area contributed by atoms with Gasteiger partial charge in [-0.1, -0.05) is 42.5 Å². The molecule has 2 unspecified atom stereocenters. The first-order valence-electron chi connectivity index (χ1n) is 6.82. The fourth-order valence-corrected chi connectivity index (χ4v) is 2.66. The minimum absolute atomic E-state index is 0.00160. The van der Waals surface area contributed by atoms with Crippen LogP contribution in [0.3, 0.4) is 0 Å². The van der Waals surface area contributed by atoms with E-state index in [1.54, 1.807) is 0 Å². The van der Waals surface area contributed by atoms with Gasteiger partial charge in [0.25, 0.3) is 0 Å². The fourth-order valence-electron chi connectivity index (χ4n) is 2.16. The summed E-state index contributed by atoms with van der Waals surface area (Å²) in [5.74, 6) is 0.890. The topological polar surface area (TPSA) is 35.2 Å². The summed E-state index contributed by atoms with van der Waals surface area (Å²) in [4.78, 5) is 0. The first-order valence-corrected chi connectivity index (χ1v) is 7.62. The predicted octanol–water partition coefficient (Wildman–Crippen LogP) is 4.48. The third-order valence-corrected chi connectivity index (χ3v) is 3.78. The summed E-state index contributed by atoms with van der Waals surface area (Å²) >= 11 is 3.57. The van der Waals surface area contributed by atoms with E-state index in [1.807, 2.05) is 37.3 Å². The number of hydrogen-bond donors (Lipinski definition) is 1. The normalized spacial score (nSPS) is 13.8. The van der Waals surface area contributed by atoms with Crippen molar-refractivity contribution < 1.29 is 4.74 Å². The van der Waals surface area contributed by atoms with Crippen molar-refractivity contribution in [1.29, 1.82) is 0 Å². The Morgan fingerprint density at radius 1 is 1.05 bits per heavy atom. The number of nitrogens with two attached hydrogens (primary N) is 1. The van der Waals surface area contributed by atoms with Crippen molar-refractivity contribution in [2.75, 3.05) is 0 Å². The highest BCUT2D eigenvalue weighted by Gasteiger charge is 2.14. The zero-order valence-electron chi connectivity index (χ0n) is 11.8. The van der Waals surface area contributed by atoms with Crippen LogP contribution in [0.15, 0.2) is 53.0 Å². The largest absolute Gasteiger partial charge is 0.485 e. The SMILES string of the molecule is CC(N)Cc1cccc(Br)c1OC(C)c1ccccc1. The minimum Gasteiger partial charge on any atom is -0.485 e. The molecule has 0 fully saturated rings. The smallest absolute Gasteiger partial charge is 0.137 e. The van der Waals surface area contributed by atoms with Crippen LogP contribution < -0.4 is 10.5 Å². The molecule has 0 amide bonds. The number of para-hydroxylation sites is 1. The van der Waals surface area contributed by atoms with Crippen molar-refractivity contribution in [3.8, 4) is 5.75 Å². The first-order chi connectivity index (χ1) is 9.58. The molecule has 3 heteroatoms. The van der Waals surface area contributed by atoms with E-state index in [0.29, 0.717) is 0 Å². The highest BCUT2D eigenvalue weighted by Crippen LogP contribution is 2.33. The zero-order valence-corrected chi connectivity index (χ0v) is 13.4. The van der Waals surface area contributed by atoms with Gasteiger partial charge in [0.05, 0.1) is 4.47 Å². The molecule has 106 valence electrons. The van der Waals surface area contributed by atoms with Gasteiger partial charge < -0.3 is 10.5 Å². The Morgan fingerprint density at radius 3 is 2.40 bits per heavy atom. The second-order valence-electron chi connectivity index (χ2n) is 5.08. The third-order valence-electron chi connectivity index (χ3n) is 3.15. The molecule has 0 saturated heterocycles. The summed E-state index contributed by atoms with van der Waals surface area (Å²) < 4.78 is 7.13. The van der Waals surface area contributed by atoms with Gasteiger partial charge in [-0.2, -0.15) is 0 Å². The Hall–Kier alpha value is -1.32. The maximum Gasteiger partial charge on any atom is 0.137 e. The maximum atomic E-state index is 6.16. The fraction of sp³-hybridized carbons (Fsp3) is 0.294. The maximum absolute atomic E-state index is 6.16. The van der Waals surface area contributed by atoms with Gasteiger partial charge in [0.1, 0.15) is 11.9 Å². The van der Waals surface area contributed by atoms with Gasteiger partial charge in [0.15, 0.2) is 0 Å². The van der Waals surface area contributed by atoms with Gasteiger partial charge >= 0.3 is 0 Å². The molecule has 0 spiro atoms. The van der Waals surface area contributed by atoms with Crippen LogP contribution in [0.2, 0.25) is 0 Å². The lowest BCUT2D eigenvalue weighted by atomic mass is 10.1. The lowest BCUT2D eigenvalue weighted by Crippen LogP contribution is -2.18. The number of rotatable bonds is 5. The van der Waals surface area contributed by atoms with Crippen molar-refractivity contribution in [2.45, 2.75) is 32.4 Å². The molecule has 0 bridgehead atoms. The average molecular weight is 334 g/mol. The minimum atomic E-state index is 0.00160. The Bertz CT molecular complexity index is 554. The predicted molar refractivity (Wildman–Crippen MR) is 87.0 cm³/mol. The molecule has 0 aliphatic heterocycles. The van der Waals surface area contributed by atoms with Crippen LogP contribution in [-0.2, 0) is 6.42 Å². The second-order valence-corrected chi connectivity index (χ2v) is 5.93. The monoisotopic (exact) mass is 333 g/mol. The molecule has 20 heavy (non-hydrogen) atoms. The number of ether oxygens (including phenoxy) is 1. The van der Waals surface area contributed by atoms with Crippen molar-refractivity contribution >= 4 is 15.9 Å². The van der Waals surface area contributed by atoms with E-state index in [-0.39, 0.29) is 12.1 Å². The molecule has 2 N–H and O–H groups in total. The molecule has 0 aromatic heterocycles. The summed E-state index contributed by atoms with van der Waals surface area (Å²) in [5, 5.41) is 0. The van der Waals surface area contributed by atoms with E-state index in [0.717, 1.165) is 27.8 Å². The molecule has 2 aromatic rings. The number of hydrogen-bond acceptors (Lipinski definition) is 2. The summed E-state index contributed by atoms with van der Waals surface area (Å²) in [6.07, 6.45) is 0.803. The molecule has 0 radical (unpaired) electrons. The second kappa shape index (κ2) is 6.91. The summed E-state index contributed by atoms with van der Waals surface area (Å²) in [5.41, 5.74) is 8.21. The molecular weight excluding hydrogens is 314 g/mol. The van der Waals surface area contributed by atoms with Gasteiger partial charge in [-0.3, -0.25) is 0 Å². The van der Waals surface area contributed by atoms with Crippen LogP contribution in [-0.4, -0.2) is 6.04 Å². The molecule has 2 aromatic carbocycles. The Balaban J connectivity index is 2.24. The van der Waals surface area contributed by atoms with Crippen molar-refractivity contribution in [1.82, 2.24) is 0 Å². The lowest BCUT2D eigenvalue weighted by molar-refractivity contribution is 0.223. The standard InChI is InChI=1S/C17H20BrNO/c1-12(19)11-15-9-6-10-16(18)17(15)20-13(2)14-7-4-3-5-8-14/h3-10,12-13H,11,19H2,1-2H3. The molecule has 2 nitrogen and oxygen atoms in total. The quantitative estimate of drug-likeness (QED) is 0.875. The van der Waals surface area contributed by atoms with Crippen LogP contribution >= 0.6 is 15.9 Å². The zero-order chi connectivity index (χ0) is 14.5. The highest BCUT2D eigenvalue weighted by atomic mass is 79.9. The first kappa shape index (κ1) is 15.1. The van der Waals surface area contributed by atoms with Gasteiger partial charge in [-0.15, -0.1) is 0 Å². The number of halogens is 1. The molecule has 0 heterocycles. The van der Waals surface area contributed by atoms with Crippen molar-refractivity contribution in [2.24, 2.45) is 5.73 Å². The summed E-state index contributed by atoms with van der Waals surface area (Å²) in [6.45, 7) is 4.07. The summed E-state index contributed by atoms with van der Waals surface area (Å²) in [6, 6.07) is 16.4. The van der Waals surface area contributed by atoms with E-state index >= 15 is 0 Å². The Labute approximate surface area is 129 Å².